The predicted molar refractivity (Wildman–Crippen MR) is 97.6 cm³/mol. The zero-order chi connectivity index (χ0) is 17.6. The lowest BCUT2D eigenvalue weighted by Crippen LogP contribution is -2.22. The third kappa shape index (κ3) is 2.91. The molecule has 8 heteroatoms. The van der Waals surface area contributed by atoms with E-state index in [1.54, 1.807) is 24.3 Å². The average molecular weight is 405 g/mol. The summed E-state index contributed by atoms with van der Waals surface area (Å²) in [5, 5.41) is 1.46. The van der Waals surface area contributed by atoms with Crippen molar-refractivity contribution in [3.8, 4) is 11.3 Å². The molecule has 0 spiro atoms. The van der Waals surface area contributed by atoms with Gasteiger partial charge in [0.1, 0.15) is 10.5 Å². The van der Waals surface area contributed by atoms with E-state index in [0.29, 0.717) is 26.8 Å². The quantitative estimate of drug-likeness (QED) is 0.594. The number of hydrogen-bond donors (Lipinski definition) is 0. The van der Waals surface area contributed by atoms with E-state index < -0.39 is 10.0 Å². The third-order valence-corrected chi connectivity index (χ3v) is 6.45. The number of benzene rings is 2. The van der Waals surface area contributed by atoms with E-state index in [-0.39, 0.29) is 9.92 Å². The first kappa shape index (κ1) is 17.6. The summed E-state index contributed by atoms with van der Waals surface area (Å²) in [6.45, 7) is 0. The summed E-state index contributed by atoms with van der Waals surface area (Å²) in [7, 11) is -0.820. The Morgan fingerprint density at radius 2 is 1.62 bits per heavy atom. The van der Waals surface area contributed by atoms with Crippen molar-refractivity contribution in [3.05, 3.63) is 51.5 Å². The minimum absolute atomic E-state index is 0.0213. The fourth-order valence-electron chi connectivity index (χ4n) is 2.25. The highest BCUT2D eigenvalue weighted by molar-refractivity contribution is 7.89. The Kier molecular flexibility index (Phi) is 4.57. The SMILES string of the molecule is CN(C)S(=O)(=O)c1cc2c(Cl)c(-c3ccc(Cl)cc3)oc2cc1Cl. The monoisotopic (exact) mass is 403 g/mol. The smallest absolute Gasteiger partial charge is 0.244 e. The molecule has 126 valence electrons. The fourth-order valence-corrected chi connectivity index (χ4v) is 4.08. The van der Waals surface area contributed by atoms with Gasteiger partial charge in [0.25, 0.3) is 0 Å². The summed E-state index contributed by atoms with van der Waals surface area (Å²) in [5.41, 5.74) is 1.14. The third-order valence-electron chi connectivity index (χ3n) is 3.55. The van der Waals surface area contributed by atoms with Crippen molar-refractivity contribution >= 4 is 55.8 Å². The van der Waals surface area contributed by atoms with E-state index >= 15 is 0 Å². The van der Waals surface area contributed by atoms with Gasteiger partial charge in [-0.3, -0.25) is 0 Å². The van der Waals surface area contributed by atoms with Crippen molar-refractivity contribution in [2.24, 2.45) is 0 Å². The molecule has 3 rings (SSSR count). The van der Waals surface area contributed by atoms with Crippen LogP contribution in [-0.2, 0) is 10.0 Å². The number of fused-ring (bicyclic) bond motifs is 1. The van der Waals surface area contributed by atoms with Crippen LogP contribution in [0.1, 0.15) is 0 Å². The van der Waals surface area contributed by atoms with Crippen molar-refractivity contribution in [2.45, 2.75) is 4.90 Å². The van der Waals surface area contributed by atoms with Gasteiger partial charge in [0, 0.05) is 36.1 Å². The fraction of sp³-hybridized carbons (Fsp3) is 0.125. The molecule has 0 atom stereocenters. The van der Waals surface area contributed by atoms with Crippen LogP contribution >= 0.6 is 34.8 Å². The van der Waals surface area contributed by atoms with E-state index in [0.717, 1.165) is 9.87 Å². The lowest BCUT2D eigenvalue weighted by atomic mass is 10.1. The van der Waals surface area contributed by atoms with Gasteiger partial charge < -0.3 is 4.42 Å². The molecule has 0 N–H and O–H groups in total. The van der Waals surface area contributed by atoms with Crippen molar-refractivity contribution in [2.75, 3.05) is 14.1 Å². The molecule has 0 aliphatic rings. The van der Waals surface area contributed by atoms with E-state index in [1.165, 1.54) is 26.2 Å². The summed E-state index contributed by atoms with van der Waals surface area (Å²) < 4.78 is 31.6. The Hall–Kier alpha value is -1.24. The zero-order valence-corrected chi connectivity index (χ0v) is 15.8. The first-order chi connectivity index (χ1) is 11.2. The van der Waals surface area contributed by atoms with Gasteiger partial charge in [0.15, 0.2) is 5.76 Å². The first-order valence-corrected chi connectivity index (χ1v) is 9.39. The van der Waals surface area contributed by atoms with Crippen molar-refractivity contribution < 1.29 is 12.8 Å². The predicted octanol–water partition coefficient (Wildman–Crippen LogP) is 5.31. The zero-order valence-electron chi connectivity index (χ0n) is 12.7. The van der Waals surface area contributed by atoms with Gasteiger partial charge >= 0.3 is 0 Å². The molecule has 24 heavy (non-hydrogen) atoms. The molecule has 1 aromatic heterocycles. The molecule has 0 aliphatic heterocycles. The molecule has 0 saturated heterocycles. The van der Waals surface area contributed by atoms with Crippen LogP contribution in [0, 0.1) is 0 Å². The van der Waals surface area contributed by atoms with Gasteiger partial charge in [-0.2, -0.15) is 0 Å². The first-order valence-electron chi connectivity index (χ1n) is 6.82. The van der Waals surface area contributed by atoms with Gasteiger partial charge in [-0.15, -0.1) is 0 Å². The van der Waals surface area contributed by atoms with Gasteiger partial charge in [-0.05, 0) is 30.3 Å². The highest BCUT2D eigenvalue weighted by atomic mass is 35.5. The summed E-state index contributed by atoms with van der Waals surface area (Å²) >= 11 is 18.4. The molecule has 0 unspecified atom stereocenters. The van der Waals surface area contributed by atoms with Crippen LogP contribution in [0.3, 0.4) is 0 Å². The van der Waals surface area contributed by atoms with Crippen LogP contribution in [0.4, 0.5) is 0 Å². The Balaban J connectivity index is 2.25. The molecule has 1 heterocycles. The Bertz CT molecular complexity index is 1020. The molecule has 0 fully saturated rings. The molecule has 4 nitrogen and oxygen atoms in total. The highest BCUT2D eigenvalue weighted by Gasteiger charge is 2.24. The number of halogens is 3. The maximum Gasteiger partial charge on any atom is 0.244 e. The van der Waals surface area contributed by atoms with Crippen molar-refractivity contribution in [1.29, 1.82) is 0 Å². The molecular formula is C16H12Cl3NO3S. The lowest BCUT2D eigenvalue weighted by Gasteiger charge is -2.12. The van der Waals surface area contributed by atoms with E-state index in [1.807, 2.05) is 0 Å². The van der Waals surface area contributed by atoms with Crippen LogP contribution in [0.2, 0.25) is 15.1 Å². The number of nitrogens with zero attached hydrogens (tertiary/aromatic N) is 1. The minimum atomic E-state index is -3.69. The van der Waals surface area contributed by atoms with Crippen LogP contribution in [-0.4, -0.2) is 26.8 Å². The molecule has 0 aliphatic carbocycles. The topological polar surface area (TPSA) is 50.5 Å². The largest absolute Gasteiger partial charge is 0.454 e. The normalized spacial score (nSPS) is 12.2. The average Bonchev–Trinajstić information content (AvgIpc) is 2.83. The van der Waals surface area contributed by atoms with E-state index in [9.17, 15) is 8.42 Å². The lowest BCUT2D eigenvalue weighted by molar-refractivity contribution is 0.521. The number of rotatable bonds is 3. The van der Waals surface area contributed by atoms with E-state index in [4.69, 9.17) is 39.2 Å². The maximum atomic E-state index is 12.4. The summed E-state index contributed by atoms with van der Waals surface area (Å²) in [5.74, 6) is 0.429. The second kappa shape index (κ2) is 6.24. The Morgan fingerprint density at radius 3 is 2.21 bits per heavy atom. The Morgan fingerprint density at radius 1 is 1.00 bits per heavy atom. The molecule has 0 amide bonds. The minimum Gasteiger partial charge on any atom is -0.454 e. The second-order valence-electron chi connectivity index (χ2n) is 5.32. The van der Waals surface area contributed by atoms with Gasteiger partial charge in [0.2, 0.25) is 10.0 Å². The summed E-state index contributed by atoms with van der Waals surface area (Å²) in [6, 6.07) is 9.86. The molecule has 0 radical (unpaired) electrons. The Labute approximate surface area is 154 Å². The van der Waals surface area contributed by atoms with Gasteiger partial charge in [-0.1, -0.05) is 34.8 Å². The van der Waals surface area contributed by atoms with Gasteiger partial charge in [-0.25, -0.2) is 12.7 Å². The van der Waals surface area contributed by atoms with Gasteiger partial charge in [0.05, 0.1) is 10.0 Å². The number of furan rings is 1. The van der Waals surface area contributed by atoms with Crippen LogP contribution in [0.5, 0.6) is 0 Å². The molecule has 3 aromatic rings. The van der Waals surface area contributed by atoms with Crippen LogP contribution in [0.25, 0.3) is 22.3 Å². The standard InChI is InChI=1S/C16H12Cl3NO3S/c1-20(2)24(21,22)14-7-11-13(8-12(14)18)23-16(15(11)19)9-3-5-10(17)6-4-9/h3-8H,1-2H3. The maximum absolute atomic E-state index is 12.4. The van der Waals surface area contributed by atoms with Crippen molar-refractivity contribution in [1.82, 2.24) is 4.31 Å². The van der Waals surface area contributed by atoms with Crippen molar-refractivity contribution in [3.63, 3.8) is 0 Å². The summed E-state index contributed by atoms with van der Waals surface area (Å²) in [4.78, 5) is -0.0213. The number of hydrogen-bond acceptors (Lipinski definition) is 3. The van der Waals surface area contributed by atoms with Crippen LogP contribution in [0.15, 0.2) is 45.7 Å². The number of sulfonamides is 1. The highest BCUT2D eigenvalue weighted by Crippen LogP contribution is 2.40. The van der Waals surface area contributed by atoms with Crippen LogP contribution < -0.4 is 0 Å². The molecule has 2 aromatic carbocycles. The van der Waals surface area contributed by atoms with E-state index in [2.05, 4.69) is 0 Å². The summed E-state index contributed by atoms with van der Waals surface area (Å²) in [6.07, 6.45) is 0. The molecular weight excluding hydrogens is 393 g/mol. The second-order valence-corrected chi connectivity index (χ2v) is 8.66. The molecule has 0 saturated carbocycles. The molecule has 0 bridgehead atoms.